The predicted molar refractivity (Wildman–Crippen MR) is 98.7 cm³/mol. The van der Waals surface area contributed by atoms with Gasteiger partial charge in [0.15, 0.2) is 0 Å². The van der Waals surface area contributed by atoms with Crippen LogP contribution in [0.25, 0.3) is 0 Å². The van der Waals surface area contributed by atoms with Crippen molar-refractivity contribution in [2.24, 2.45) is 0 Å². The zero-order valence-electron chi connectivity index (χ0n) is 15.0. The number of benzene rings is 2. The van der Waals surface area contributed by atoms with Crippen molar-refractivity contribution in [2.45, 2.75) is 31.7 Å². The number of carbonyl (C=O) groups is 1. The van der Waals surface area contributed by atoms with Crippen LogP contribution < -0.4 is 5.32 Å². The second-order valence-electron chi connectivity index (χ2n) is 6.27. The Kier molecular flexibility index (Phi) is 5.98. The lowest BCUT2D eigenvalue weighted by Crippen LogP contribution is -2.39. The molecule has 1 N–H and O–H groups in total. The number of hydrogen-bond acceptors (Lipinski definition) is 3. The third kappa shape index (κ3) is 4.90. The van der Waals surface area contributed by atoms with Crippen LogP contribution in [0.15, 0.2) is 53.4 Å². The van der Waals surface area contributed by atoms with E-state index in [2.05, 4.69) is 5.32 Å². The zero-order chi connectivity index (χ0) is 18.6. The topological polar surface area (TPSA) is 66.5 Å². The van der Waals surface area contributed by atoms with Crippen LogP contribution in [0.4, 0.5) is 0 Å². The maximum absolute atomic E-state index is 12.5. The first-order valence-corrected chi connectivity index (χ1v) is 9.53. The van der Waals surface area contributed by atoms with Crippen molar-refractivity contribution in [3.05, 3.63) is 65.2 Å². The fourth-order valence-corrected chi connectivity index (χ4v) is 3.53. The number of nitrogens with one attached hydrogen (secondary N) is 1. The highest BCUT2D eigenvalue weighted by atomic mass is 32.2. The monoisotopic (exact) mass is 360 g/mol. The molecule has 2 aromatic carbocycles. The summed E-state index contributed by atoms with van der Waals surface area (Å²) in [5, 5.41) is 2.83. The SMILES string of the molecule is Cc1ccc(C(C)NC(=O)CN(C)S(=O)(=O)c2ccc(C)cc2)cc1. The van der Waals surface area contributed by atoms with Crippen molar-refractivity contribution < 1.29 is 13.2 Å². The molecule has 1 atom stereocenters. The molecule has 0 heterocycles. The smallest absolute Gasteiger partial charge is 0.243 e. The van der Waals surface area contributed by atoms with Crippen molar-refractivity contribution in [2.75, 3.05) is 13.6 Å². The minimum absolute atomic E-state index is 0.181. The summed E-state index contributed by atoms with van der Waals surface area (Å²) in [7, 11) is -2.28. The number of sulfonamides is 1. The van der Waals surface area contributed by atoms with Gasteiger partial charge >= 0.3 is 0 Å². The van der Waals surface area contributed by atoms with Crippen molar-refractivity contribution in [3.63, 3.8) is 0 Å². The van der Waals surface area contributed by atoms with Crippen LogP contribution in [0.1, 0.15) is 29.7 Å². The highest BCUT2D eigenvalue weighted by Gasteiger charge is 2.23. The summed E-state index contributed by atoms with van der Waals surface area (Å²) < 4.78 is 26.1. The van der Waals surface area contributed by atoms with E-state index in [0.717, 1.165) is 21.0 Å². The summed E-state index contributed by atoms with van der Waals surface area (Å²) in [6.45, 7) is 5.53. The lowest BCUT2D eigenvalue weighted by atomic mass is 10.1. The van der Waals surface area contributed by atoms with Crippen molar-refractivity contribution in [1.82, 2.24) is 9.62 Å². The lowest BCUT2D eigenvalue weighted by Gasteiger charge is -2.19. The molecule has 0 fully saturated rings. The van der Waals surface area contributed by atoms with E-state index in [4.69, 9.17) is 0 Å². The van der Waals surface area contributed by atoms with E-state index < -0.39 is 10.0 Å². The van der Waals surface area contributed by atoms with Gasteiger partial charge in [-0.25, -0.2) is 8.42 Å². The summed E-state index contributed by atoms with van der Waals surface area (Å²) >= 11 is 0. The molecule has 0 aromatic heterocycles. The van der Waals surface area contributed by atoms with Crippen LogP contribution in [-0.4, -0.2) is 32.2 Å². The number of likely N-dealkylation sites (N-methyl/N-ethyl adjacent to an activating group) is 1. The molecular weight excluding hydrogens is 336 g/mol. The Bertz CT molecular complexity index is 828. The van der Waals surface area contributed by atoms with Gasteiger partial charge in [-0.2, -0.15) is 4.31 Å². The second kappa shape index (κ2) is 7.80. The summed E-state index contributed by atoms with van der Waals surface area (Å²) in [5.41, 5.74) is 3.10. The summed E-state index contributed by atoms with van der Waals surface area (Å²) in [6, 6.07) is 14.2. The molecule has 0 radical (unpaired) electrons. The van der Waals surface area contributed by atoms with E-state index in [9.17, 15) is 13.2 Å². The molecular formula is C19H24N2O3S. The van der Waals surface area contributed by atoms with Crippen LogP contribution in [0.3, 0.4) is 0 Å². The van der Waals surface area contributed by atoms with E-state index in [1.54, 1.807) is 24.3 Å². The maximum Gasteiger partial charge on any atom is 0.243 e. The van der Waals surface area contributed by atoms with E-state index in [0.29, 0.717) is 0 Å². The van der Waals surface area contributed by atoms with Crippen molar-refractivity contribution in [3.8, 4) is 0 Å². The molecule has 2 aromatic rings. The molecule has 1 amide bonds. The van der Waals surface area contributed by atoms with Gasteiger partial charge in [0.25, 0.3) is 0 Å². The third-order valence-corrected chi connectivity index (χ3v) is 5.87. The van der Waals surface area contributed by atoms with Crippen LogP contribution in [0, 0.1) is 13.8 Å². The Morgan fingerprint density at radius 2 is 1.48 bits per heavy atom. The lowest BCUT2D eigenvalue weighted by molar-refractivity contribution is -0.121. The summed E-state index contributed by atoms with van der Waals surface area (Å²) in [4.78, 5) is 12.4. The van der Waals surface area contributed by atoms with Gasteiger partial charge < -0.3 is 5.32 Å². The minimum atomic E-state index is -3.68. The quantitative estimate of drug-likeness (QED) is 0.861. The second-order valence-corrected chi connectivity index (χ2v) is 8.32. The van der Waals surface area contributed by atoms with Crippen LogP contribution in [0.5, 0.6) is 0 Å². The third-order valence-electron chi connectivity index (χ3n) is 4.05. The maximum atomic E-state index is 12.5. The average Bonchev–Trinajstić information content (AvgIpc) is 2.55. The summed E-state index contributed by atoms with van der Waals surface area (Å²) in [5.74, 6) is -0.341. The number of rotatable bonds is 6. The van der Waals surface area contributed by atoms with Crippen molar-refractivity contribution in [1.29, 1.82) is 0 Å². The van der Waals surface area contributed by atoms with E-state index in [1.165, 1.54) is 7.05 Å². The standard InChI is InChI=1S/C19H24N2O3S/c1-14-5-9-17(10-6-14)16(3)20-19(22)13-21(4)25(23,24)18-11-7-15(2)8-12-18/h5-12,16H,13H2,1-4H3,(H,20,22). The van der Waals surface area contributed by atoms with Crippen LogP contribution >= 0.6 is 0 Å². The normalized spacial score (nSPS) is 12.8. The molecule has 0 spiro atoms. The fraction of sp³-hybridized carbons (Fsp3) is 0.316. The molecule has 0 saturated carbocycles. The molecule has 0 aliphatic rings. The van der Waals surface area contributed by atoms with Gasteiger partial charge in [0.2, 0.25) is 15.9 Å². The number of amides is 1. The van der Waals surface area contributed by atoms with Crippen molar-refractivity contribution >= 4 is 15.9 Å². The largest absolute Gasteiger partial charge is 0.348 e. The molecule has 25 heavy (non-hydrogen) atoms. The molecule has 5 nitrogen and oxygen atoms in total. The molecule has 134 valence electrons. The van der Waals surface area contributed by atoms with E-state index >= 15 is 0 Å². The molecule has 2 rings (SSSR count). The first kappa shape index (κ1) is 19.1. The van der Waals surface area contributed by atoms with Gasteiger partial charge in [-0.15, -0.1) is 0 Å². The number of hydrogen-bond donors (Lipinski definition) is 1. The molecule has 0 bridgehead atoms. The van der Waals surface area contributed by atoms with Gasteiger partial charge in [0, 0.05) is 7.05 Å². The average molecular weight is 360 g/mol. The van der Waals surface area contributed by atoms with Gasteiger partial charge in [-0.05, 0) is 38.5 Å². The number of carbonyl (C=O) groups excluding carboxylic acids is 1. The molecule has 0 aliphatic heterocycles. The zero-order valence-corrected chi connectivity index (χ0v) is 15.8. The highest BCUT2D eigenvalue weighted by molar-refractivity contribution is 7.89. The van der Waals surface area contributed by atoms with E-state index in [-0.39, 0.29) is 23.4 Å². The minimum Gasteiger partial charge on any atom is -0.348 e. The Morgan fingerprint density at radius 3 is 2.00 bits per heavy atom. The van der Waals surface area contributed by atoms with Gasteiger partial charge in [0.1, 0.15) is 0 Å². The van der Waals surface area contributed by atoms with Gasteiger partial charge in [-0.3, -0.25) is 4.79 Å². The number of aryl methyl sites for hydroxylation is 2. The van der Waals surface area contributed by atoms with Gasteiger partial charge in [-0.1, -0.05) is 47.5 Å². The molecule has 0 aliphatic carbocycles. The highest BCUT2D eigenvalue weighted by Crippen LogP contribution is 2.16. The molecule has 6 heteroatoms. The fourth-order valence-electron chi connectivity index (χ4n) is 2.40. The molecule has 1 unspecified atom stereocenters. The van der Waals surface area contributed by atoms with E-state index in [1.807, 2.05) is 45.0 Å². The predicted octanol–water partition coefficient (Wildman–Crippen LogP) is 2.80. The Hall–Kier alpha value is -2.18. The molecule has 0 saturated heterocycles. The van der Waals surface area contributed by atoms with Gasteiger partial charge in [0.05, 0.1) is 17.5 Å². The number of nitrogens with zero attached hydrogens (tertiary/aromatic N) is 1. The summed E-state index contributed by atoms with van der Waals surface area (Å²) in [6.07, 6.45) is 0. The van der Waals surface area contributed by atoms with Crippen LogP contribution in [0.2, 0.25) is 0 Å². The first-order valence-electron chi connectivity index (χ1n) is 8.09. The Labute approximate surface area is 149 Å². The first-order chi connectivity index (χ1) is 11.7. The van der Waals surface area contributed by atoms with Crippen LogP contribution in [-0.2, 0) is 14.8 Å². The Balaban J connectivity index is 2.01. The Morgan fingerprint density at radius 1 is 1.00 bits per heavy atom.